The summed E-state index contributed by atoms with van der Waals surface area (Å²) in [6, 6.07) is 14.7. The van der Waals surface area contributed by atoms with E-state index in [9.17, 15) is 9.59 Å². The fourth-order valence-corrected chi connectivity index (χ4v) is 3.44. The van der Waals surface area contributed by atoms with Gasteiger partial charge in [0.1, 0.15) is 12.4 Å². The summed E-state index contributed by atoms with van der Waals surface area (Å²) in [4.78, 5) is 26.5. The van der Waals surface area contributed by atoms with Gasteiger partial charge in [-0.25, -0.2) is 0 Å². The van der Waals surface area contributed by atoms with E-state index < -0.39 is 12.1 Å². The van der Waals surface area contributed by atoms with Crippen LogP contribution in [-0.2, 0) is 20.7 Å². The Bertz CT molecular complexity index is 988. The summed E-state index contributed by atoms with van der Waals surface area (Å²) in [5, 5.41) is 11.2. The number of rotatable bonds is 5. The average molecular weight is 379 g/mol. The molecule has 1 aliphatic heterocycles. The number of benzene rings is 1. The molecular formula is C20H21N5O3. The number of amides is 2. The number of hydrogen-bond donors (Lipinski definition) is 1. The number of likely N-dealkylation sites (N-methyl/N-ethyl adjacent to an activating group) is 1. The Kier molecular flexibility index (Phi) is 5.03. The van der Waals surface area contributed by atoms with E-state index in [0.29, 0.717) is 13.0 Å². The molecule has 4 rings (SSSR count). The predicted molar refractivity (Wildman–Crippen MR) is 101 cm³/mol. The zero-order valence-corrected chi connectivity index (χ0v) is 15.5. The lowest BCUT2D eigenvalue weighted by Gasteiger charge is -2.38. The van der Waals surface area contributed by atoms with Crippen LogP contribution in [0.15, 0.2) is 54.7 Å². The Hall–Kier alpha value is -3.26. The van der Waals surface area contributed by atoms with E-state index >= 15 is 0 Å². The highest BCUT2D eigenvalue weighted by Crippen LogP contribution is 2.29. The quantitative estimate of drug-likeness (QED) is 0.714. The first kappa shape index (κ1) is 18.1. The van der Waals surface area contributed by atoms with Crippen LogP contribution in [0.5, 0.6) is 0 Å². The van der Waals surface area contributed by atoms with Crippen LogP contribution in [0.2, 0.25) is 0 Å². The molecule has 3 heterocycles. The Morgan fingerprint density at radius 3 is 2.79 bits per heavy atom. The molecule has 1 fully saturated rings. The lowest BCUT2D eigenvalue weighted by molar-refractivity contribution is -0.162. The number of carbonyl (C=O) groups excluding carboxylic acids is 2. The van der Waals surface area contributed by atoms with Gasteiger partial charge in [-0.2, -0.15) is 0 Å². The van der Waals surface area contributed by atoms with Crippen molar-refractivity contribution in [1.82, 2.24) is 24.8 Å². The monoisotopic (exact) mass is 379 g/mol. The summed E-state index contributed by atoms with van der Waals surface area (Å²) in [6.45, 7) is 0.292. The zero-order chi connectivity index (χ0) is 19.5. The molecule has 2 unspecified atom stereocenters. The third-order valence-electron chi connectivity index (χ3n) is 4.92. The van der Waals surface area contributed by atoms with E-state index in [0.717, 1.165) is 17.0 Å². The fraction of sp³-hybridized carbons (Fsp3) is 0.300. The largest absolute Gasteiger partial charge is 0.356 e. The van der Waals surface area contributed by atoms with Crippen molar-refractivity contribution in [2.45, 2.75) is 18.6 Å². The van der Waals surface area contributed by atoms with Crippen LogP contribution in [0.3, 0.4) is 0 Å². The summed E-state index contributed by atoms with van der Waals surface area (Å²) in [5.74, 6) is 0.377. The molecule has 1 N–H and O–H groups in total. The van der Waals surface area contributed by atoms with Crippen LogP contribution in [0.4, 0.5) is 0 Å². The van der Waals surface area contributed by atoms with Gasteiger partial charge in [0.25, 0.3) is 5.91 Å². The minimum Gasteiger partial charge on any atom is -0.356 e. The molecule has 1 aromatic carbocycles. The highest BCUT2D eigenvalue weighted by molar-refractivity contribution is 5.86. The summed E-state index contributed by atoms with van der Waals surface area (Å²) in [5.41, 5.74) is 1.63. The molecule has 3 aromatic rings. The lowest BCUT2D eigenvalue weighted by Crippen LogP contribution is -2.53. The van der Waals surface area contributed by atoms with Gasteiger partial charge in [0.05, 0.1) is 6.04 Å². The van der Waals surface area contributed by atoms with Gasteiger partial charge in [0, 0.05) is 26.2 Å². The fourth-order valence-electron chi connectivity index (χ4n) is 3.44. The number of nitrogens with one attached hydrogen (secondary N) is 1. The first-order chi connectivity index (χ1) is 13.6. The molecule has 8 heteroatoms. The van der Waals surface area contributed by atoms with Crippen molar-refractivity contribution in [2.75, 3.05) is 20.2 Å². The molecule has 8 nitrogen and oxygen atoms in total. The Morgan fingerprint density at radius 1 is 1.18 bits per heavy atom. The summed E-state index contributed by atoms with van der Waals surface area (Å²) in [7, 11) is 1.70. The molecule has 2 atom stereocenters. The minimum atomic E-state index is -0.764. The van der Waals surface area contributed by atoms with Gasteiger partial charge in [-0.05, 0) is 17.7 Å². The predicted octanol–water partition coefficient (Wildman–Crippen LogP) is 0.987. The van der Waals surface area contributed by atoms with E-state index in [2.05, 4.69) is 15.5 Å². The van der Waals surface area contributed by atoms with E-state index in [-0.39, 0.29) is 18.4 Å². The van der Waals surface area contributed by atoms with Gasteiger partial charge in [0.2, 0.25) is 5.91 Å². The second-order valence-corrected chi connectivity index (χ2v) is 6.68. The van der Waals surface area contributed by atoms with Crippen LogP contribution >= 0.6 is 0 Å². The first-order valence-electron chi connectivity index (χ1n) is 9.13. The maximum absolute atomic E-state index is 12.8. The molecule has 1 aliphatic rings. The van der Waals surface area contributed by atoms with Gasteiger partial charge in [0.15, 0.2) is 11.8 Å². The van der Waals surface area contributed by atoms with E-state index in [1.165, 1.54) is 0 Å². The molecule has 0 bridgehead atoms. The van der Waals surface area contributed by atoms with E-state index in [4.69, 9.17) is 4.74 Å². The first-order valence-corrected chi connectivity index (χ1v) is 9.13. The smallest absolute Gasteiger partial charge is 0.251 e. The third-order valence-corrected chi connectivity index (χ3v) is 4.92. The highest BCUT2D eigenvalue weighted by atomic mass is 16.5. The van der Waals surface area contributed by atoms with E-state index in [1.54, 1.807) is 11.9 Å². The molecule has 0 spiro atoms. The highest BCUT2D eigenvalue weighted by Gasteiger charge is 2.39. The van der Waals surface area contributed by atoms with Crippen molar-refractivity contribution >= 4 is 17.5 Å². The van der Waals surface area contributed by atoms with Gasteiger partial charge in [-0.3, -0.25) is 14.0 Å². The minimum absolute atomic E-state index is 0.104. The van der Waals surface area contributed by atoms with Crippen LogP contribution in [-0.4, -0.2) is 57.6 Å². The second kappa shape index (κ2) is 7.77. The maximum Gasteiger partial charge on any atom is 0.251 e. The third kappa shape index (κ3) is 3.46. The molecule has 0 aliphatic carbocycles. The summed E-state index contributed by atoms with van der Waals surface area (Å²) >= 11 is 0. The van der Waals surface area contributed by atoms with Crippen molar-refractivity contribution in [3.05, 3.63) is 66.1 Å². The summed E-state index contributed by atoms with van der Waals surface area (Å²) in [6.07, 6.45) is 1.66. The van der Waals surface area contributed by atoms with Crippen molar-refractivity contribution in [3.63, 3.8) is 0 Å². The van der Waals surface area contributed by atoms with Gasteiger partial charge >= 0.3 is 0 Å². The number of ether oxygens (including phenoxy) is 1. The van der Waals surface area contributed by atoms with Crippen LogP contribution in [0, 0.1) is 0 Å². The van der Waals surface area contributed by atoms with Crippen molar-refractivity contribution in [3.8, 4) is 0 Å². The normalized spacial score (nSPS) is 19.8. The maximum atomic E-state index is 12.8. The molecule has 2 amide bonds. The Labute approximate surface area is 162 Å². The lowest BCUT2D eigenvalue weighted by atomic mass is 9.97. The Balaban J connectivity index is 1.44. The van der Waals surface area contributed by atoms with Gasteiger partial charge in [-0.1, -0.05) is 36.4 Å². The van der Waals surface area contributed by atoms with E-state index in [1.807, 2.05) is 59.1 Å². The van der Waals surface area contributed by atoms with Gasteiger partial charge < -0.3 is 15.0 Å². The SMILES string of the molecule is CN1C(=O)COC(C(=O)NCCc2nnc3ccccn23)C1c1ccccc1. The molecule has 2 aromatic heterocycles. The van der Waals surface area contributed by atoms with Crippen LogP contribution < -0.4 is 5.32 Å². The van der Waals surface area contributed by atoms with Crippen molar-refractivity contribution in [1.29, 1.82) is 0 Å². The molecule has 144 valence electrons. The number of nitrogens with zero attached hydrogens (tertiary/aromatic N) is 4. The number of morpholine rings is 1. The topological polar surface area (TPSA) is 88.8 Å². The number of hydrogen-bond acceptors (Lipinski definition) is 5. The second-order valence-electron chi connectivity index (χ2n) is 6.68. The standard InChI is InChI=1S/C20H21N5O3/c1-24-17(26)13-28-19(18(24)14-7-3-2-4-8-14)20(27)21-11-10-16-23-22-15-9-5-6-12-25(15)16/h2-9,12,18-19H,10-11,13H2,1H3,(H,21,27). The molecule has 0 radical (unpaired) electrons. The van der Waals surface area contributed by atoms with Crippen LogP contribution in [0.1, 0.15) is 17.4 Å². The number of fused-ring (bicyclic) bond motifs is 1. The molecular weight excluding hydrogens is 358 g/mol. The molecule has 28 heavy (non-hydrogen) atoms. The van der Waals surface area contributed by atoms with Gasteiger partial charge in [-0.15, -0.1) is 10.2 Å². The number of pyridine rings is 1. The molecule has 1 saturated heterocycles. The Morgan fingerprint density at radius 2 is 1.96 bits per heavy atom. The zero-order valence-electron chi connectivity index (χ0n) is 15.5. The summed E-state index contributed by atoms with van der Waals surface area (Å²) < 4.78 is 7.50. The van der Waals surface area contributed by atoms with Crippen molar-refractivity contribution < 1.29 is 14.3 Å². The van der Waals surface area contributed by atoms with Crippen molar-refractivity contribution in [2.24, 2.45) is 0 Å². The van der Waals surface area contributed by atoms with Crippen LogP contribution in [0.25, 0.3) is 5.65 Å². The molecule has 0 saturated carbocycles. The average Bonchev–Trinajstić information content (AvgIpc) is 3.13. The number of aromatic nitrogens is 3. The number of carbonyl (C=O) groups is 2.